The molecule has 4 heteroatoms. The molecule has 0 bridgehead atoms. The van der Waals surface area contributed by atoms with Crippen LogP contribution >= 0.6 is 11.6 Å². The lowest BCUT2D eigenvalue weighted by molar-refractivity contribution is -0.116. The number of aromatic hydroxyl groups is 1. The number of benzene rings is 1. The maximum absolute atomic E-state index is 10.8. The molecule has 0 saturated heterocycles. The minimum atomic E-state index is -0.0822. The van der Waals surface area contributed by atoms with Crippen molar-refractivity contribution in [2.24, 2.45) is 0 Å². The van der Waals surface area contributed by atoms with Crippen LogP contribution < -0.4 is 4.74 Å². The van der Waals surface area contributed by atoms with Gasteiger partial charge < -0.3 is 9.84 Å². The van der Waals surface area contributed by atoms with Crippen LogP contribution in [0.2, 0.25) is 5.02 Å². The average molecular weight is 215 g/mol. The van der Waals surface area contributed by atoms with Crippen molar-refractivity contribution in [2.45, 2.75) is 13.3 Å². The van der Waals surface area contributed by atoms with Gasteiger partial charge in [-0.15, -0.1) is 0 Å². The number of phenolic OH excluding ortho intramolecular Hbond substituents is 1. The minimum absolute atomic E-state index is 0.0264. The first kappa shape index (κ1) is 10.9. The van der Waals surface area contributed by atoms with E-state index in [4.69, 9.17) is 16.3 Å². The van der Waals surface area contributed by atoms with E-state index in [1.54, 1.807) is 12.1 Å². The summed E-state index contributed by atoms with van der Waals surface area (Å²) < 4.78 is 4.91. The quantitative estimate of drug-likeness (QED) is 0.839. The Morgan fingerprint density at radius 1 is 1.57 bits per heavy atom. The Hall–Kier alpha value is -1.22. The van der Waals surface area contributed by atoms with Gasteiger partial charge >= 0.3 is 0 Å². The maximum atomic E-state index is 10.8. The molecule has 0 atom stereocenters. The van der Waals surface area contributed by atoms with Crippen LogP contribution in [0.25, 0.3) is 0 Å². The van der Waals surface area contributed by atoms with Crippen LogP contribution in [0.15, 0.2) is 12.1 Å². The molecule has 0 aromatic heterocycles. The first-order valence-corrected chi connectivity index (χ1v) is 4.47. The van der Waals surface area contributed by atoms with E-state index < -0.39 is 0 Å². The first-order chi connectivity index (χ1) is 6.56. The molecule has 1 rings (SSSR count). The van der Waals surface area contributed by atoms with Gasteiger partial charge in [-0.25, -0.2) is 0 Å². The molecule has 0 radical (unpaired) electrons. The van der Waals surface area contributed by atoms with Crippen molar-refractivity contribution in [3.8, 4) is 11.5 Å². The molecule has 0 unspecified atom stereocenters. The molecule has 1 aromatic rings. The molecule has 3 nitrogen and oxygen atoms in total. The van der Waals surface area contributed by atoms with Crippen molar-refractivity contribution in [1.82, 2.24) is 0 Å². The Labute approximate surface area is 87.3 Å². The number of hydrogen-bond donors (Lipinski definition) is 1. The van der Waals surface area contributed by atoms with E-state index >= 15 is 0 Å². The number of rotatable bonds is 3. The molecule has 0 amide bonds. The zero-order valence-electron chi connectivity index (χ0n) is 8.00. The summed E-state index contributed by atoms with van der Waals surface area (Å²) in [5, 5.41) is 9.74. The lowest BCUT2D eigenvalue weighted by atomic mass is 10.1. The molecule has 14 heavy (non-hydrogen) atoms. The van der Waals surface area contributed by atoms with Crippen molar-refractivity contribution in [3.05, 3.63) is 22.7 Å². The van der Waals surface area contributed by atoms with Crippen molar-refractivity contribution in [1.29, 1.82) is 0 Å². The second-order valence-corrected chi connectivity index (χ2v) is 3.35. The number of Topliss-reactive ketones (excluding diaryl/α,β-unsaturated/α-hetero) is 1. The third kappa shape index (κ3) is 2.17. The summed E-state index contributed by atoms with van der Waals surface area (Å²) in [5.41, 5.74) is 0.517. The Morgan fingerprint density at radius 3 is 2.71 bits per heavy atom. The van der Waals surface area contributed by atoms with Crippen molar-refractivity contribution in [3.63, 3.8) is 0 Å². The summed E-state index contributed by atoms with van der Waals surface area (Å²) in [6.07, 6.45) is 0.176. The molecule has 0 saturated carbocycles. The van der Waals surface area contributed by atoms with Gasteiger partial charge in [-0.1, -0.05) is 17.7 Å². The normalized spacial score (nSPS) is 9.93. The van der Waals surface area contributed by atoms with E-state index in [-0.39, 0.29) is 23.0 Å². The number of methoxy groups -OCH3 is 1. The Balaban J connectivity index is 3.10. The Kier molecular flexibility index (Phi) is 3.36. The Bertz CT molecular complexity index is 361. The lowest BCUT2D eigenvalue weighted by Crippen LogP contribution is -1.97. The van der Waals surface area contributed by atoms with Gasteiger partial charge in [0.1, 0.15) is 22.3 Å². The third-order valence-corrected chi connectivity index (χ3v) is 2.19. The summed E-state index contributed by atoms with van der Waals surface area (Å²) in [4.78, 5) is 10.8. The Morgan fingerprint density at radius 2 is 2.21 bits per heavy atom. The van der Waals surface area contributed by atoms with Gasteiger partial charge in [0.05, 0.1) is 7.11 Å². The maximum Gasteiger partial charge on any atom is 0.141 e. The van der Waals surface area contributed by atoms with Gasteiger partial charge in [0, 0.05) is 12.0 Å². The van der Waals surface area contributed by atoms with Gasteiger partial charge in [-0.3, -0.25) is 4.79 Å². The van der Waals surface area contributed by atoms with Crippen LogP contribution in [0, 0.1) is 0 Å². The number of ketones is 1. The second kappa shape index (κ2) is 4.33. The molecular formula is C10H11ClO3. The van der Waals surface area contributed by atoms with E-state index in [0.717, 1.165) is 0 Å². The highest BCUT2D eigenvalue weighted by atomic mass is 35.5. The average Bonchev–Trinajstić information content (AvgIpc) is 2.13. The molecule has 1 aromatic carbocycles. The SMILES string of the molecule is COc1ccc(CC(C)=O)c(O)c1Cl. The monoisotopic (exact) mass is 214 g/mol. The van der Waals surface area contributed by atoms with E-state index in [0.29, 0.717) is 11.3 Å². The zero-order valence-corrected chi connectivity index (χ0v) is 8.76. The van der Waals surface area contributed by atoms with Crippen LogP contribution in [0.3, 0.4) is 0 Å². The summed E-state index contributed by atoms with van der Waals surface area (Å²) >= 11 is 5.80. The second-order valence-electron chi connectivity index (χ2n) is 2.97. The molecule has 0 heterocycles. The van der Waals surface area contributed by atoms with Crippen molar-refractivity contribution in [2.75, 3.05) is 7.11 Å². The van der Waals surface area contributed by atoms with Crippen LogP contribution in [-0.2, 0) is 11.2 Å². The fraction of sp³-hybridized carbons (Fsp3) is 0.300. The third-order valence-electron chi connectivity index (χ3n) is 1.82. The predicted molar refractivity (Wildman–Crippen MR) is 54.1 cm³/mol. The van der Waals surface area contributed by atoms with Crippen LogP contribution in [0.5, 0.6) is 11.5 Å². The molecule has 0 spiro atoms. The van der Waals surface area contributed by atoms with E-state index in [1.807, 2.05) is 0 Å². The van der Waals surface area contributed by atoms with E-state index in [9.17, 15) is 9.90 Å². The van der Waals surface area contributed by atoms with E-state index in [1.165, 1.54) is 14.0 Å². The first-order valence-electron chi connectivity index (χ1n) is 4.10. The number of hydrogen-bond acceptors (Lipinski definition) is 3. The minimum Gasteiger partial charge on any atom is -0.506 e. The fourth-order valence-electron chi connectivity index (χ4n) is 1.15. The molecule has 1 N–H and O–H groups in total. The predicted octanol–water partition coefficient (Wildman–Crippen LogP) is 2.19. The number of carbonyl (C=O) groups is 1. The smallest absolute Gasteiger partial charge is 0.141 e. The summed E-state index contributed by atoms with van der Waals surface area (Å²) in [5.74, 6) is 0.291. The molecular weight excluding hydrogens is 204 g/mol. The number of phenols is 1. The van der Waals surface area contributed by atoms with Gasteiger partial charge in [0.2, 0.25) is 0 Å². The van der Waals surface area contributed by atoms with Crippen molar-refractivity contribution >= 4 is 17.4 Å². The summed E-state index contributed by atoms with van der Waals surface area (Å²) in [6, 6.07) is 3.25. The highest BCUT2D eigenvalue weighted by molar-refractivity contribution is 6.33. The standard InChI is InChI=1S/C10H11ClO3/c1-6(12)5-7-3-4-8(14-2)9(11)10(7)13/h3-4,13H,5H2,1-2H3. The van der Waals surface area contributed by atoms with Gasteiger partial charge in [-0.2, -0.15) is 0 Å². The molecule has 0 aliphatic heterocycles. The molecule has 76 valence electrons. The topological polar surface area (TPSA) is 46.5 Å². The molecule has 0 aliphatic rings. The van der Waals surface area contributed by atoms with Gasteiger partial charge in [0.25, 0.3) is 0 Å². The number of halogens is 1. The highest BCUT2D eigenvalue weighted by Crippen LogP contribution is 2.36. The summed E-state index contributed by atoms with van der Waals surface area (Å²) in [7, 11) is 1.46. The zero-order chi connectivity index (χ0) is 10.7. The summed E-state index contributed by atoms with van der Waals surface area (Å²) in [6.45, 7) is 1.46. The van der Waals surface area contributed by atoms with Crippen LogP contribution in [0.4, 0.5) is 0 Å². The van der Waals surface area contributed by atoms with Crippen molar-refractivity contribution < 1.29 is 14.6 Å². The highest BCUT2D eigenvalue weighted by Gasteiger charge is 2.11. The van der Waals surface area contributed by atoms with Gasteiger partial charge in [0.15, 0.2) is 0 Å². The van der Waals surface area contributed by atoms with Crippen LogP contribution in [-0.4, -0.2) is 18.0 Å². The largest absolute Gasteiger partial charge is 0.506 e. The lowest BCUT2D eigenvalue weighted by Gasteiger charge is -2.08. The fourth-order valence-corrected chi connectivity index (χ4v) is 1.42. The molecule has 0 fully saturated rings. The van der Waals surface area contributed by atoms with E-state index in [2.05, 4.69) is 0 Å². The number of carbonyl (C=O) groups excluding carboxylic acids is 1. The molecule has 0 aliphatic carbocycles. The van der Waals surface area contributed by atoms with Crippen LogP contribution in [0.1, 0.15) is 12.5 Å². The van der Waals surface area contributed by atoms with Gasteiger partial charge in [-0.05, 0) is 13.0 Å². The number of ether oxygens (including phenoxy) is 1.